The minimum absolute atomic E-state index is 0.0899. The van der Waals surface area contributed by atoms with E-state index in [-0.39, 0.29) is 31.1 Å². The van der Waals surface area contributed by atoms with E-state index in [1.807, 2.05) is 4.57 Å². The van der Waals surface area contributed by atoms with Gasteiger partial charge >= 0.3 is 12.1 Å². The second-order valence-corrected chi connectivity index (χ2v) is 8.89. The van der Waals surface area contributed by atoms with Crippen LogP contribution < -0.4 is 9.47 Å². The van der Waals surface area contributed by atoms with E-state index in [2.05, 4.69) is 0 Å². The summed E-state index contributed by atoms with van der Waals surface area (Å²) in [5.74, 6) is -0.630. The van der Waals surface area contributed by atoms with Crippen LogP contribution in [-0.2, 0) is 28.9 Å². The Hall–Kier alpha value is -3.40. The lowest BCUT2D eigenvalue weighted by Crippen LogP contribution is -2.23. The molecule has 1 fully saturated rings. The molecule has 10 heteroatoms. The van der Waals surface area contributed by atoms with Gasteiger partial charge in [-0.2, -0.15) is 13.2 Å². The predicted molar refractivity (Wildman–Crippen MR) is 119 cm³/mol. The summed E-state index contributed by atoms with van der Waals surface area (Å²) in [5.41, 5.74) is 0.575. The summed E-state index contributed by atoms with van der Waals surface area (Å²) in [6.07, 6.45) is -3.66. The average molecular weight is 491 g/mol. The number of aromatic nitrogens is 1. The summed E-state index contributed by atoms with van der Waals surface area (Å²) in [6, 6.07) is 8.87. The van der Waals surface area contributed by atoms with E-state index < -0.39 is 23.8 Å². The van der Waals surface area contributed by atoms with E-state index in [1.54, 1.807) is 24.3 Å². The van der Waals surface area contributed by atoms with Gasteiger partial charge in [-0.15, -0.1) is 0 Å². The van der Waals surface area contributed by atoms with Crippen molar-refractivity contribution in [1.82, 2.24) is 4.57 Å². The molecule has 2 heterocycles. The zero-order valence-electron chi connectivity index (χ0n) is 18.7. The number of carboxylic acids is 1. The van der Waals surface area contributed by atoms with Crippen molar-refractivity contribution < 1.29 is 42.4 Å². The number of aliphatic carboxylic acids is 1. The third-order valence-corrected chi connectivity index (χ3v) is 6.27. The minimum atomic E-state index is -4.56. The van der Waals surface area contributed by atoms with Gasteiger partial charge in [-0.3, -0.25) is 4.79 Å². The largest absolute Gasteiger partial charge is 0.505 e. The Kier molecular flexibility index (Phi) is 6.00. The van der Waals surface area contributed by atoms with E-state index >= 15 is 0 Å². The number of rotatable bonds is 8. The normalized spacial score (nSPS) is 17.9. The monoisotopic (exact) mass is 491 g/mol. The number of hydrogen-bond acceptors (Lipinski definition) is 5. The van der Waals surface area contributed by atoms with Crippen molar-refractivity contribution in [1.29, 1.82) is 0 Å². The van der Waals surface area contributed by atoms with Crippen LogP contribution in [0.15, 0.2) is 36.4 Å². The Morgan fingerprint density at radius 2 is 1.94 bits per heavy atom. The van der Waals surface area contributed by atoms with Gasteiger partial charge in [-0.1, -0.05) is 6.07 Å². The molecular weight excluding hydrogens is 467 g/mol. The molecule has 1 aliphatic carbocycles. The number of carbonyl (C=O) groups is 1. The quantitative estimate of drug-likeness (QED) is 0.446. The fourth-order valence-electron chi connectivity index (χ4n) is 4.35. The summed E-state index contributed by atoms with van der Waals surface area (Å²) in [4.78, 5) is 11.2. The summed E-state index contributed by atoms with van der Waals surface area (Å²) in [5, 5.41) is 20.4. The van der Waals surface area contributed by atoms with Crippen molar-refractivity contribution in [2.24, 2.45) is 5.92 Å². The number of ether oxygens (including phenoxy) is 3. The first kappa shape index (κ1) is 23.3. The topological polar surface area (TPSA) is 90.2 Å². The van der Waals surface area contributed by atoms with Gasteiger partial charge in [0.15, 0.2) is 0 Å². The zero-order valence-corrected chi connectivity index (χ0v) is 18.7. The molecule has 7 nitrogen and oxygen atoms in total. The van der Waals surface area contributed by atoms with E-state index in [9.17, 15) is 23.1 Å². The third kappa shape index (κ3) is 4.88. The molecule has 1 saturated carbocycles. The molecule has 5 rings (SSSR count). The molecule has 1 unspecified atom stereocenters. The number of fused-ring (bicyclic) bond motifs is 3. The number of hydrogen-bond donors (Lipinski definition) is 2. The van der Waals surface area contributed by atoms with Crippen molar-refractivity contribution in [3.8, 4) is 17.2 Å². The second-order valence-electron chi connectivity index (χ2n) is 8.89. The van der Waals surface area contributed by atoms with Crippen LogP contribution >= 0.6 is 0 Å². The molecule has 0 radical (unpaired) electrons. The molecule has 35 heavy (non-hydrogen) atoms. The lowest BCUT2D eigenvalue weighted by Gasteiger charge is -2.24. The second kappa shape index (κ2) is 8.99. The highest BCUT2D eigenvalue weighted by Crippen LogP contribution is 2.42. The number of aromatic hydroxyl groups is 1. The molecule has 0 spiro atoms. The average Bonchev–Trinajstić information content (AvgIpc) is 3.60. The first-order chi connectivity index (χ1) is 16.7. The highest BCUT2D eigenvalue weighted by atomic mass is 19.4. The molecule has 1 atom stereocenters. The number of carboxylic acid groups (broad SMARTS) is 1. The highest BCUT2D eigenvalue weighted by molar-refractivity contribution is 5.90. The Labute approximate surface area is 198 Å². The predicted octanol–water partition coefficient (Wildman–Crippen LogP) is 5.28. The lowest BCUT2D eigenvalue weighted by atomic mass is 10.1. The molecule has 2 aliphatic rings. The van der Waals surface area contributed by atoms with Crippen molar-refractivity contribution in [2.45, 2.75) is 44.7 Å². The number of alkyl halides is 3. The minimum Gasteiger partial charge on any atom is -0.505 e. The van der Waals surface area contributed by atoms with Gasteiger partial charge in [0.1, 0.15) is 30.0 Å². The molecule has 1 aromatic heterocycles. The molecule has 186 valence electrons. The van der Waals surface area contributed by atoms with Crippen LogP contribution in [0.1, 0.15) is 42.2 Å². The van der Waals surface area contributed by atoms with Crippen molar-refractivity contribution in [3.63, 3.8) is 0 Å². The molecule has 2 N–H and O–H groups in total. The Bertz CT molecular complexity index is 1260. The third-order valence-electron chi connectivity index (χ3n) is 6.27. The smallest absolute Gasteiger partial charge is 0.419 e. The number of nitrogens with zero attached hydrogens (tertiary/aromatic N) is 1. The van der Waals surface area contributed by atoms with Gasteiger partial charge in [-0.25, -0.2) is 0 Å². The van der Waals surface area contributed by atoms with Gasteiger partial charge in [0.25, 0.3) is 0 Å². The van der Waals surface area contributed by atoms with Crippen molar-refractivity contribution in [2.75, 3.05) is 13.2 Å². The molecule has 0 bridgehead atoms. The Morgan fingerprint density at radius 3 is 2.66 bits per heavy atom. The lowest BCUT2D eigenvalue weighted by molar-refractivity contribution is -0.141. The van der Waals surface area contributed by atoms with Crippen LogP contribution in [0.5, 0.6) is 17.2 Å². The summed E-state index contributed by atoms with van der Waals surface area (Å²) in [7, 11) is 0. The number of benzene rings is 2. The van der Waals surface area contributed by atoms with Crippen LogP contribution in [0.4, 0.5) is 13.2 Å². The van der Waals surface area contributed by atoms with Crippen LogP contribution in [0, 0.1) is 5.92 Å². The maximum Gasteiger partial charge on any atom is 0.419 e. The highest BCUT2D eigenvalue weighted by Gasteiger charge is 2.35. The molecule has 0 amide bonds. The Morgan fingerprint density at radius 1 is 1.14 bits per heavy atom. The summed E-state index contributed by atoms with van der Waals surface area (Å²) in [6.45, 7) is 0.936. The van der Waals surface area contributed by atoms with Gasteiger partial charge in [0.05, 0.1) is 36.4 Å². The van der Waals surface area contributed by atoms with Gasteiger partial charge < -0.3 is 29.0 Å². The van der Waals surface area contributed by atoms with Crippen LogP contribution in [0.3, 0.4) is 0 Å². The summed E-state index contributed by atoms with van der Waals surface area (Å²) >= 11 is 0. The zero-order chi connectivity index (χ0) is 24.7. The molecule has 1 aliphatic heterocycles. The van der Waals surface area contributed by atoms with E-state index in [1.165, 1.54) is 6.07 Å². The molecule has 2 aromatic carbocycles. The fraction of sp³-hybridized carbons (Fsp3) is 0.400. The first-order valence-corrected chi connectivity index (χ1v) is 11.3. The van der Waals surface area contributed by atoms with Gasteiger partial charge in [0.2, 0.25) is 0 Å². The van der Waals surface area contributed by atoms with E-state index in [0.29, 0.717) is 47.0 Å². The van der Waals surface area contributed by atoms with Crippen LogP contribution in [0.2, 0.25) is 0 Å². The maximum absolute atomic E-state index is 13.6. The van der Waals surface area contributed by atoms with Crippen LogP contribution in [0.25, 0.3) is 10.9 Å². The number of halogens is 3. The maximum atomic E-state index is 13.6. The van der Waals surface area contributed by atoms with Crippen molar-refractivity contribution in [3.05, 3.63) is 53.2 Å². The van der Waals surface area contributed by atoms with Gasteiger partial charge in [0, 0.05) is 11.9 Å². The molecule has 0 saturated heterocycles. The SMILES string of the molecule is O=C(O)CC1OCCn2c1c(O)c1cc(OCc3ccc(OCC4CC4)c(C(F)(F)F)c3)ccc12. The Balaban J connectivity index is 1.36. The molecular formula is C25H24F3NO6. The van der Waals surface area contributed by atoms with E-state index in [0.717, 1.165) is 18.9 Å². The van der Waals surface area contributed by atoms with Crippen molar-refractivity contribution >= 4 is 16.9 Å². The van der Waals surface area contributed by atoms with E-state index in [4.69, 9.17) is 19.3 Å². The first-order valence-electron chi connectivity index (χ1n) is 11.3. The summed E-state index contributed by atoms with van der Waals surface area (Å²) < 4.78 is 59.2. The fourth-order valence-corrected chi connectivity index (χ4v) is 4.35. The van der Waals surface area contributed by atoms with Gasteiger partial charge in [-0.05, 0) is 54.7 Å². The molecule has 3 aromatic rings. The standard InChI is InChI=1S/C25H24F3NO6/c26-25(27,28)18-9-15(3-6-20(18)35-12-14-1-2-14)13-34-16-4-5-19-17(10-16)24(32)23-21(11-22(30)31)33-8-7-29(19)23/h3-6,9-10,14,21,32H,1-2,7-8,11-13H2,(H,30,31). The van der Waals surface area contributed by atoms with Crippen LogP contribution in [-0.4, -0.2) is 34.0 Å².